The summed E-state index contributed by atoms with van der Waals surface area (Å²) in [6.45, 7) is 1.97. The molecule has 0 aliphatic rings. The van der Waals surface area contributed by atoms with Gasteiger partial charge in [0.05, 0.1) is 5.56 Å². The van der Waals surface area contributed by atoms with E-state index in [9.17, 15) is 10.5 Å². The summed E-state index contributed by atoms with van der Waals surface area (Å²) in [6.07, 6.45) is 0. The molecule has 4 nitrogen and oxygen atoms in total. The van der Waals surface area contributed by atoms with Crippen molar-refractivity contribution >= 4 is 40.5 Å². The van der Waals surface area contributed by atoms with Crippen molar-refractivity contribution in [1.82, 2.24) is 4.98 Å². The van der Waals surface area contributed by atoms with Crippen LogP contribution in [-0.4, -0.2) is 4.98 Å². The SMILES string of the molecule is Cc1ccc(-c2c(C#N)c(N)nc(Sc3ccc(Cl)cc3)c2C#N)s1. The summed E-state index contributed by atoms with van der Waals surface area (Å²) in [4.78, 5) is 7.09. The third-order valence-electron chi connectivity index (χ3n) is 3.43. The largest absolute Gasteiger partial charge is 0.383 e. The first-order valence-corrected chi connectivity index (χ1v) is 9.18. The number of rotatable bonds is 3. The fourth-order valence-electron chi connectivity index (χ4n) is 2.30. The van der Waals surface area contributed by atoms with Crippen molar-refractivity contribution in [2.75, 3.05) is 5.73 Å². The molecule has 3 rings (SSSR count). The molecule has 2 aromatic heterocycles. The van der Waals surface area contributed by atoms with Gasteiger partial charge in [0.2, 0.25) is 0 Å². The first-order chi connectivity index (χ1) is 12.0. The van der Waals surface area contributed by atoms with Gasteiger partial charge in [0, 0.05) is 25.2 Å². The zero-order valence-corrected chi connectivity index (χ0v) is 15.5. The Morgan fingerprint density at radius 3 is 2.32 bits per heavy atom. The molecular formula is C18H11ClN4S2. The number of nitrogens with two attached hydrogens (primary N) is 1. The molecule has 0 amide bonds. The quantitative estimate of drug-likeness (QED) is 0.668. The van der Waals surface area contributed by atoms with Gasteiger partial charge < -0.3 is 5.73 Å². The standard InChI is InChI=1S/C18H11ClN4S2/c1-10-2-7-15(24-10)16-13(8-20)17(22)23-18(14(16)9-21)25-12-5-3-11(19)4-6-12/h2-7H,1H3,(H2,22,23). The highest BCUT2D eigenvalue weighted by atomic mass is 35.5. The van der Waals surface area contributed by atoms with Crippen molar-refractivity contribution in [2.45, 2.75) is 16.8 Å². The highest BCUT2D eigenvalue weighted by Gasteiger charge is 2.21. The minimum absolute atomic E-state index is 0.124. The fourth-order valence-corrected chi connectivity index (χ4v) is 4.24. The third-order valence-corrected chi connectivity index (χ3v) is 5.70. The van der Waals surface area contributed by atoms with E-state index in [0.717, 1.165) is 14.6 Å². The van der Waals surface area contributed by atoms with E-state index in [1.165, 1.54) is 23.1 Å². The number of aryl methyl sites for hydroxylation is 1. The maximum absolute atomic E-state index is 9.73. The van der Waals surface area contributed by atoms with E-state index in [0.29, 0.717) is 21.2 Å². The van der Waals surface area contributed by atoms with Crippen LogP contribution in [0.2, 0.25) is 5.02 Å². The van der Waals surface area contributed by atoms with Crippen LogP contribution in [0.25, 0.3) is 10.4 Å². The molecule has 3 aromatic rings. The summed E-state index contributed by atoms with van der Waals surface area (Å²) >= 11 is 8.75. The third kappa shape index (κ3) is 3.47. The van der Waals surface area contributed by atoms with Crippen LogP contribution in [0.4, 0.5) is 5.82 Å². The summed E-state index contributed by atoms with van der Waals surface area (Å²) in [6, 6.07) is 15.4. The predicted octanol–water partition coefficient (Wildman–Crippen LogP) is 5.25. The van der Waals surface area contributed by atoms with Crippen LogP contribution in [0.1, 0.15) is 16.0 Å². The van der Waals surface area contributed by atoms with E-state index >= 15 is 0 Å². The molecule has 122 valence electrons. The van der Waals surface area contributed by atoms with Crippen LogP contribution < -0.4 is 5.73 Å². The molecule has 0 saturated heterocycles. The second-order valence-corrected chi connectivity index (χ2v) is 7.90. The molecular weight excluding hydrogens is 372 g/mol. The number of benzene rings is 1. The van der Waals surface area contributed by atoms with Crippen molar-refractivity contribution < 1.29 is 0 Å². The maximum Gasteiger partial charge on any atom is 0.143 e. The highest BCUT2D eigenvalue weighted by molar-refractivity contribution is 7.99. The Kier molecular flexibility index (Phi) is 4.96. The Hall–Kier alpha value is -2.51. The van der Waals surface area contributed by atoms with Crippen molar-refractivity contribution in [1.29, 1.82) is 10.5 Å². The average molecular weight is 383 g/mol. The number of thiophene rings is 1. The van der Waals surface area contributed by atoms with Gasteiger partial charge in [-0.05, 0) is 43.3 Å². The number of nitrogens with zero attached hydrogens (tertiary/aromatic N) is 3. The molecule has 7 heteroatoms. The van der Waals surface area contributed by atoms with Crippen molar-refractivity contribution in [3.05, 3.63) is 57.4 Å². The maximum atomic E-state index is 9.73. The first kappa shape index (κ1) is 17.3. The van der Waals surface area contributed by atoms with Gasteiger partial charge in [0.15, 0.2) is 0 Å². The Labute approximate surface area is 158 Å². The molecule has 1 aromatic carbocycles. The van der Waals surface area contributed by atoms with E-state index in [2.05, 4.69) is 17.1 Å². The van der Waals surface area contributed by atoms with Crippen LogP contribution in [0.15, 0.2) is 46.3 Å². The molecule has 0 unspecified atom stereocenters. The Balaban J connectivity index is 2.20. The fraction of sp³-hybridized carbons (Fsp3) is 0.0556. The topological polar surface area (TPSA) is 86.5 Å². The Morgan fingerprint density at radius 2 is 1.76 bits per heavy atom. The number of hydrogen-bond acceptors (Lipinski definition) is 6. The second-order valence-electron chi connectivity index (χ2n) is 5.12. The number of aromatic nitrogens is 1. The van der Waals surface area contributed by atoms with Gasteiger partial charge >= 0.3 is 0 Å². The summed E-state index contributed by atoms with van der Waals surface area (Å²) < 4.78 is 0. The summed E-state index contributed by atoms with van der Waals surface area (Å²) in [7, 11) is 0. The molecule has 0 aliphatic carbocycles. The smallest absolute Gasteiger partial charge is 0.143 e. The number of anilines is 1. The van der Waals surface area contributed by atoms with Crippen LogP contribution in [0, 0.1) is 29.6 Å². The monoisotopic (exact) mass is 382 g/mol. The zero-order valence-electron chi connectivity index (χ0n) is 13.1. The predicted molar refractivity (Wildman–Crippen MR) is 102 cm³/mol. The molecule has 0 bridgehead atoms. The molecule has 0 saturated carbocycles. The first-order valence-electron chi connectivity index (χ1n) is 7.17. The molecule has 0 radical (unpaired) electrons. The number of hydrogen-bond donors (Lipinski definition) is 1. The van der Waals surface area contributed by atoms with Crippen molar-refractivity contribution in [2.24, 2.45) is 0 Å². The number of pyridine rings is 1. The van der Waals surface area contributed by atoms with Gasteiger partial charge in [0.25, 0.3) is 0 Å². The van der Waals surface area contributed by atoms with E-state index < -0.39 is 0 Å². The van der Waals surface area contributed by atoms with Crippen molar-refractivity contribution in [3.8, 4) is 22.6 Å². The van der Waals surface area contributed by atoms with E-state index in [1.54, 1.807) is 12.1 Å². The summed E-state index contributed by atoms with van der Waals surface area (Å²) in [5, 5.41) is 20.3. The van der Waals surface area contributed by atoms with Gasteiger partial charge in [-0.25, -0.2) is 4.98 Å². The summed E-state index contributed by atoms with van der Waals surface area (Å²) in [5.74, 6) is 0.124. The summed E-state index contributed by atoms with van der Waals surface area (Å²) in [5.41, 5.74) is 7.14. The van der Waals surface area contributed by atoms with Crippen LogP contribution in [0.5, 0.6) is 0 Å². The molecule has 2 N–H and O–H groups in total. The Morgan fingerprint density at radius 1 is 1.08 bits per heavy atom. The average Bonchev–Trinajstić information content (AvgIpc) is 3.02. The molecule has 0 aliphatic heterocycles. The molecule has 0 atom stereocenters. The lowest BCUT2D eigenvalue weighted by Gasteiger charge is -2.11. The lowest BCUT2D eigenvalue weighted by atomic mass is 10.0. The van der Waals surface area contributed by atoms with Crippen LogP contribution in [-0.2, 0) is 0 Å². The van der Waals surface area contributed by atoms with E-state index in [-0.39, 0.29) is 11.4 Å². The van der Waals surface area contributed by atoms with Crippen LogP contribution >= 0.6 is 34.7 Å². The second kappa shape index (κ2) is 7.16. The van der Waals surface area contributed by atoms with Gasteiger partial charge in [0.1, 0.15) is 28.5 Å². The Bertz CT molecular complexity index is 1030. The number of nitriles is 2. The van der Waals surface area contributed by atoms with Gasteiger partial charge in [-0.15, -0.1) is 11.3 Å². The lowest BCUT2D eigenvalue weighted by Crippen LogP contribution is -2.02. The molecule has 2 heterocycles. The minimum atomic E-state index is 0.124. The van der Waals surface area contributed by atoms with Gasteiger partial charge in [-0.2, -0.15) is 10.5 Å². The highest BCUT2D eigenvalue weighted by Crippen LogP contribution is 2.40. The minimum Gasteiger partial charge on any atom is -0.383 e. The molecule has 0 fully saturated rings. The zero-order chi connectivity index (χ0) is 18.0. The number of halogens is 1. The van der Waals surface area contributed by atoms with Gasteiger partial charge in [-0.3, -0.25) is 0 Å². The molecule has 25 heavy (non-hydrogen) atoms. The number of nitrogen functional groups attached to an aromatic ring is 1. The van der Waals surface area contributed by atoms with Crippen molar-refractivity contribution in [3.63, 3.8) is 0 Å². The van der Waals surface area contributed by atoms with Crippen LogP contribution in [0.3, 0.4) is 0 Å². The van der Waals surface area contributed by atoms with Gasteiger partial charge in [-0.1, -0.05) is 23.4 Å². The molecule has 0 spiro atoms. The lowest BCUT2D eigenvalue weighted by molar-refractivity contribution is 1.11. The van der Waals surface area contributed by atoms with E-state index in [4.69, 9.17) is 17.3 Å². The van der Waals surface area contributed by atoms with E-state index in [1.807, 2.05) is 31.2 Å². The normalized spacial score (nSPS) is 10.2.